The van der Waals surface area contributed by atoms with Crippen molar-refractivity contribution in [2.24, 2.45) is 0 Å². The number of carbonyl (C=O) groups is 2. The molecule has 1 aliphatic rings. The molecule has 1 fully saturated rings. The van der Waals surface area contributed by atoms with Gasteiger partial charge in [-0.25, -0.2) is 9.59 Å². The molecule has 1 heterocycles. The van der Waals surface area contributed by atoms with E-state index in [0.717, 1.165) is 0 Å². The lowest BCUT2D eigenvalue weighted by Gasteiger charge is -2.29. The average Bonchev–Trinajstić information content (AvgIpc) is 2.78. The van der Waals surface area contributed by atoms with Crippen LogP contribution in [0.1, 0.15) is 31.1 Å². The zero-order chi connectivity index (χ0) is 14.8. The van der Waals surface area contributed by atoms with Crippen LogP contribution in [0.15, 0.2) is 30.3 Å². The van der Waals surface area contributed by atoms with Gasteiger partial charge in [-0.15, -0.1) is 0 Å². The Balaban J connectivity index is 1.87. The van der Waals surface area contributed by atoms with Crippen LogP contribution in [-0.2, 0) is 9.47 Å². The Labute approximate surface area is 118 Å². The molecule has 0 aliphatic carbocycles. The van der Waals surface area contributed by atoms with Crippen molar-refractivity contribution in [1.29, 1.82) is 0 Å². The summed E-state index contributed by atoms with van der Waals surface area (Å²) in [7, 11) is 0. The van der Waals surface area contributed by atoms with Gasteiger partial charge >= 0.3 is 12.1 Å². The smallest absolute Gasteiger partial charge is 0.410 e. The molecule has 0 N–H and O–H groups in total. The first-order valence-corrected chi connectivity index (χ1v) is 6.58. The van der Waals surface area contributed by atoms with E-state index in [-0.39, 0.29) is 18.2 Å². The molecule has 0 aromatic heterocycles. The van der Waals surface area contributed by atoms with Crippen LogP contribution in [0.4, 0.5) is 4.79 Å². The fraction of sp³-hybridized carbons (Fsp3) is 0.467. The molecule has 5 nitrogen and oxygen atoms in total. The summed E-state index contributed by atoms with van der Waals surface area (Å²) in [5.74, 6) is -0.407. The van der Waals surface area contributed by atoms with Gasteiger partial charge in [-0.1, -0.05) is 18.2 Å². The van der Waals surface area contributed by atoms with E-state index in [1.807, 2.05) is 26.8 Å². The lowest BCUT2D eigenvalue weighted by atomic mass is 10.1. The molecular weight excluding hydrogens is 258 g/mol. The molecule has 2 rings (SSSR count). The zero-order valence-electron chi connectivity index (χ0n) is 12.0. The van der Waals surface area contributed by atoms with Crippen molar-refractivity contribution in [3.8, 4) is 0 Å². The lowest BCUT2D eigenvalue weighted by Crippen LogP contribution is -2.42. The van der Waals surface area contributed by atoms with E-state index in [1.165, 1.54) is 0 Å². The summed E-state index contributed by atoms with van der Waals surface area (Å²) in [6.07, 6.45) is -0.771. The van der Waals surface area contributed by atoms with Crippen LogP contribution in [0.25, 0.3) is 0 Å². The Morgan fingerprint density at radius 1 is 1.35 bits per heavy atom. The van der Waals surface area contributed by atoms with E-state index in [0.29, 0.717) is 12.1 Å². The quantitative estimate of drug-likeness (QED) is 0.796. The first-order chi connectivity index (χ1) is 9.38. The summed E-state index contributed by atoms with van der Waals surface area (Å²) in [5, 5.41) is 0. The van der Waals surface area contributed by atoms with Crippen LogP contribution < -0.4 is 0 Å². The predicted octanol–water partition coefficient (Wildman–Crippen LogP) is 2.46. The molecule has 1 aromatic rings. The minimum Gasteiger partial charge on any atom is -0.458 e. The van der Waals surface area contributed by atoms with Crippen LogP contribution in [-0.4, -0.2) is 41.8 Å². The molecule has 20 heavy (non-hydrogen) atoms. The molecule has 0 saturated carbocycles. The fourth-order valence-corrected chi connectivity index (χ4v) is 1.98. The third-order valence-electron chi connectivity index (χ3n) is 3.09. The van der Waals surface area contributed by atoms with Gasteiger partial charge in [0.2, 0.25) is 0 Å². The molecule has 0 spiro atoms. The SMILES string of the molecule is CC(C)(C)N1C[C@@H](COC(=O)c2ccccc2)OC1=O. The number of hydrogen-bond donors (Lipinski definition) is 0. The number of hydrogen-bond acceptors (Lipinski definition) is 4. The number of nitrogens with zero attached hydrogens (tertiary/aromatic N) is 1. The maximum atomic E-state index is 11.8. The average molecular weight is 277 g/mol. The van der Waals surface area contributed by atoms with Crippen LogP contribution in [0.3, 0.4) is 0 Å². The Bertz CT molecular complexity index is 492. The topological polar surface area (TPSA) is 55.8 Å². The minimum absolute atomic E-state index is 0.0754. The molecular formula is C15H19NO4. The first kappa shape index (κ1) is 14.4. The maximum Gasteiger partial charge on any atom is 0.410 e. The highest BCUT2D eigenvalue weighted by atomic mass is 16.6. The van der Waals surface area contributed by atoms with Crippen molar-refractivity contribution in [1.82, 2.24) is 4.90 Å². The highest BCUT2D eigenvalue weighted by Gasteiger charge is 2.38. The molecule has 0 bridgehead atoms. The Morgan fingerprint density at radius 2 is 2.00 bits per heavy atom. The third kappa shape index (κ3) is 3.29. The second kappa shape index (κ2) is 5.53. The number of carbonyl (C=O) groups excluding carboxylic acids is 2. The van der Waals surface area contributed by atoms with Gasteiger partial charge in [-0.2, -0.15) is 0 Å². The van der Waals surface area contributed by atoms with Gasteiger partial charge in [0.15, 0.2) is 6.10 Å². The normalized spacial score (nSPS) is 18.9. The van der Waals surface area contributed by atoms with Crippen molar-refractivity contribution >= 4 is 12.1 Å². The van der Waals surface area contributed by atoms with Crippen LogP contribution in [0.2, 0.25) is 0 Å². The van der Waals surface area contributed by atoms with E-state index in [1.54, 1.807) is 29.2 Å². The Morgan fingerprint density at radius 3 is 2.55 bits per heavy atom. The van der Waals surface area contributed by atoms with E-state index in [9.17, 15) is 9.59 Å². The lowest BCUT2D eigenvalue weighted by molar-refractivity contribution is 0.0300. The third-order valence-corrected chi connectivity index (χ3v) is 3.09. The minimum atomic E-state index is -0.408. The van der Waals surface area contributed by atoms with Gasteiger partial charge in [0.05, 0.1) is 12.1 Å². The molecule has 0 unspecified atom stereocenters. The van der Waals surface area contributed by atoms with Gasteiger partial charge in [0.1, 0.15) is 6.61 Å². The highest BCUT2D eigenvalue weighted by Crippen LogP contribution is 2.22. The molecule has 0 radical (unpaired) electrons. The van der Waals surface area contributed by atoms with Crippen molar-refractivity contribution < 1.29 is 19.1 Å². The van der Waals surface area contributed by atoms with Gasteiger partial charge in [0.25, 0.3) is 0 Å². The van der Waals surface area contributed by atoms with Crippen molar-refractivity contribution in [2.75, 3.05) is 13.2 Å². The van der Waals surface area contributed by atoms with Crippen molar-refractivity contribution in [3.63, 3.8) is 0 Å². The number of amides is 1. The number of esters is 1. The molecule has 1 aliphatic heterocycles. The van der Waals surface area contributed by atoms with Crippen molar-refractivity contribution in [3.05, 3.63) is 35.9 Å². The van der Waals surface area contributed by atoms with Crippen molar-refractivity contribution in [2.45, 2.75) is 32.4 Å². The molecule has 5 heteroatoms. The Kier molecular flexibility index (Phi) is 3.97. The van der Waals surface area contributed by atoms with E-state index in [4.69, 9.17) is 9.47 Å². The highest BCUT2D eigenvalue weighted by molar-refractivity contribution is 5.89. The summed E-state index contributed by atoms with van der Waals surface area (Å²) in [6, 6.07) is 8.74. The second-order valence-corrected chi connectivity index (χ2v) is 5.75. The number of ether oxygens (including phenoxy) is 2. The monoisotopic (exact) mass is 277 g/mol. The summed E-state index contributed by atoms with van der Waals surface area (Å²) < 4.78 is 10.4. The van der Waals surface area contributed by atoms with Gasteiger partial charge in [-0.05, 0) is 32.9 Å². The summed E-state index contributed by atoms with van der Waals surface area (Å²) >= 11 is 0. The van der Waals surface area contributed by atoms with Gasteiger partial charge in [0, 0.05) is 5.54 Å². The van der Waals surface area contributed by atoms with E-state index < -0.39 is 12.1 Å². The molecule has 1 saturated heterocycles. The zero-order valence-corrected chi connectivity index (χ0v) is 12.0. The number of rotatable bonds is 3. The van der Waals surface area contributed by atoms with Crippen LogP contribution in [0.5, 0.6) is 0 Å². The second-order valence-electron chi connectivity index (χ2n) is 5.75. The van der Waals surface area contributed by atoms with E-state index >= 15 is 0 Å². The van der Waals surface area contributed by atoms with Gasteiger partial charge in [-0.3, -0.25) is 4.90 Å². The maximum absolute atomic E-state index is 11.8. The van der Waals surface area contributed by atoms with E-state index in [2.05, 4.69) is 0 Å². The first-order valence-electron chi connectivity index (χ1n) is 6.58. The molecule has 1 atom stereocenters. The summed E-state index contributed by atoms with van der Waals surface area (Å²) in [6.45, 7) is 6.32. The summed E-state index contributed by atoms with van der Waals surface area (Å²) in [4.78, 5) is 25.1. The van der Waals surface area contributed by atoms with Crippen LogP contribution >= 0.6 is 0 Å². The standard InChI is InChI=1S/C15H19NO4/c1-15(2,3)16-9-12(20-14(16)18)10-19-13(17)11-7-5-4-6-8-11/h4-8,12H,9-10H2,1-3H3/t12-/m0/s1. The fourth-order valence-electron chi connectivity index (χ4n) is 1.98. The molecule has 1 aromatic carbocycles. The molecule has 108 valence electrons. The summed E-state index contributed by atoms with van der Waals surface area (Å²) in [5.41, 5.74) is 0.194. The van der Waals surface area contributed by atoms with Gasteiger partial charge < -0.3 is 9.47 Å². The molecule has 1 amide bonds. The number of cyclic esters (lactones) is 1. The number of benzene rings is 1. The largest absolute Gasteiger partial charge is 0.458 e. The van der Waals surface area contributed by atoms with Crippen LogP contribution in [0, 0.1) is 0 Å². The predicted molar refractivity (Wildman–Crippen MR) is 73.5 cm³/mol. The Hall–Kier alpha value is -2.04.